The lowest BCUT2D eigenvalue weighted by Crippen LogP contribution is -2.47. The number of nitrogens with zero attached hydrogens (tertiary/aromatic N) is 5. The SMILES string of the molecule is CN1CCN(C(=O)Cc2ccc(-n3nccc3NC(=O)Nc3ccc(Oc4ccncc4)cc3)cc2)CC1. The fraction of sp³-hybridized carbons (Fsp3) is 0.214. The Hall–Kier alpha value is -4.70. The summed E-state index contributed by atoms with van der Waals surface area (Å²) in [6.07, 6.45) is 5.30. The van der Waals surface area contributed by atoms with E-state index in [0.29, 0.717) is 29.4 Å². The number of likely N-dealkylation sites (N-methyl/N-ethyl adjacent to an activating group) is 1. The van der Waals surface area contributed by atoms with Gasteiger partial charge >= 0.3 is 6.03 Å². The molecule has 3 amide bonds. The second-order valence-electron chi connectivity index (χ2n) is 9.04. The molecule has 0 radical (unpaired) electrons. The van der Waals surface area contributed by atoms with Gasteiger partial charge in [-0.25, -0.2) is 9.48 Å². The van der Waals surface area contributed by atoms with E-state index in [-0.39, 0.29) is 5.91 Å². The molecule has 3 heterocycles. The Bertz CT molecular complexity index is 1360. The van der Waals surface area contributed by atoms with Gasteiger partial charge in [0.15, 0.2) is 0 Å². The summed E-state index contributed by atoms with van der Waals surface area (Å²) in [6.45, 7) is 3.33. The summed E-state index contributed by atoms with van der Waals surface area (Å²) in [4.78, 5) is 33.4. The summed E-state index contributed by atoms with van der Waals surface area (Å²) in [5, 5.41) is 9.99. The van der Waals surface area contributed by atoms with E-state index >= 15 is 0 Å². The van der Waals surface area contributed by atoms with Crippen molar-refractivity contribution in [2.75, 3.05) is 43.9 Å². The first-order chi connectivity index (χ1) is 18.5. The number of hydrogen-bond donors (Lipinski definition) is 2. The van der Waals surface area contributed by atoms with E-state index in [0.717, 1.165) is 37.4 Å². The maximum Gasteiger partial charge on any atom is 0.324 e. The molecule has 10 heteroatoms. The van der Waals surface area contributed by atoms with E-state index in [4.69, 9.17) is 4.74 Å². The number of nitrogens with one attached hydrogen (secondary N) is 2. The first-order valence-electron chi connectivity index (χ1n) is 12.4. The standard InChI is InChI=1S/C28H29N7O3/c1-33-16-18-34(19-17-33)27(36)20-21-2-6-23(7-3-21)35-26(12-15-30-35)32-28(37)31-22-4-8-24(9-5-22)38-25-10-13-29-14-11-25/h2-15H,16-20H2,1H3,(H2,31,32,37). The van der Waals surface area contributed by atoms with Gasteiger partial charge in [0.2, 0.25) is 5.91 Å². The second-order valence-corrected chi connectivity index (χ2v) is 9.04. The van der Waals surface area contributed by atoms with Crippen LogP contribution in [0, 0.1) is 0 Å². The molecule has 10 nitrogen and oxygen atoms in total. The Morgan fingerprint density at radius 1 is 0.816 bits per heavy atom. The summed E-state index contributed by atoms with van der Waals surface area (Å²) in [5.74, 6) is 1.98. The highest BCUT2D eigenvalue weighted by Gasteiger charge is 2.19. The number of pyridine rings is 1. The van der Waals surface area contributed by atoms with Crippen LogP contribution < -0.4 is 15.4 Å². The van der Waals surface area contributed by atoms with Gasteiger partial charge in [-0.1, -0.05) is 12.1 Å². The molecule has 2 aromatic heterocycles. The number of hydrogen-bond acceptors (Lipinski definition) is 6. The van der Waals surface area contributed by atoms with E-state index in [1.807, 2.05) is 29.2 Å². The summed E-state index contributed by atoms with van der Waals surface area (Å²) < 4.78 is 7.39. The molecule has 38 heavy (non-hydrogen) atoms. The number of rotatable bonds is 7. The lowest BCUT2D eigenvalue weighted by atomic mass is 10.1. The van der Waals surface area contributed by atoms with Gasteiger partial charge in [0.1, 0.15) is 17.3 Å². The summed E-state index contributed by atoms with van der Waals surface area (Å²) in [6, 6.07) is 19.6. The molecule has 0 saturated carbocycles. The van der Waals surface area contributed by atoms with Gasteiger partial charge < -0.3 is 19.9 Å². The molecule has 1 aliphatic rings. The average molecular weight is 512 g/mol. The first-order valence-corrected chi connectivity index (χ1v) is 12.4. The topological polar surface area (TPSA) is 105 Å². The zero-order valence-electron chi connectivity index (χ0n) is 21.1. The van der Waals surface area contributed by atoms with Crippen LogP contribution in [0.25, 0.3) is 5.69 Å². The molecule has 1 aliphatic heterocycles. The van der Waals surface area contributed by atoms with Crippen LogP contribution in [-0.4, -0.2) is 69.7 Å². The Morgan fingerprint density at radius 3 is 2.21 bits per heavy atom. The van der Waals surface area contributed by atoms with Crippen LogP contribution in [0.4, 0.5) is 16.3 Å². The van der Waals surface area contributed by atoms with E-state index in [1.165, 1.54) is 0 Å². The van der Waals surface area contributed by atoms with Crippen molar-refractivity contribution in [3.05, 3.63) is 90.9 Å². The van der Waals surface area contributed by atoms with Crippen molar-refractivity contribution in [2.24, 2.45) is 0 Å². The number of carbonyl (C=O) groups is 2. The van der Waals surface area contributed by atoms with Crippen LogP contribution >= 0.6 is 0 Å². The normalized spacial score (nSPS) is 13.7. The van der Waals surface area contributed by atoms with Crippen molar-refractivity contribution >= 4 is 23.4 Å². The highest BCUT2D eigenvalue weighted by atomic mass is 16.5. The predicted octanol–water partition coefficient (Wildman–Crippen LogP) is 4.02. The Kier molecular flexibility index (Phi) is 7.60. The fourth-order valence-corrected chi connectivity index (χ4v) is 4.13. The molecular weight excluding hydrogens is 482 g/mol. The zero-order valence-corrected chi connectivity index (χ0v) is 21.1. The van der Waals surface area contributed by atoms with E-state index in [1.54, 1.807) is 65.7 Å². The molecule has 1 fully saturated rings. The average Bonchev–Trinajstić information content (AvgIpc) is 3.39. The molecule has 1 saturated heterocycles. The van der Waals surface area contributed by atoms with Crippen molar-refractivity contribution in [1.82, 2.24) is 24.6 Å². The largest absolute Gasteiger partial charge is 0.457 e. The van der Waals surface area contributed by atoms with Crippen LogP contribution in [0.15, 0.2) is 85.3 Å². The third kappa shape index (κ3) is 6.34. The lowest BCUT2D eigenvalue weighted by molar-refractivity contribution is -0.132. The zero-order chi connectivity index (χ0) is 26.3. The highest BCUT2D eigenvalue weighted by Crippen LogP contribution is 2.23. The molecule has 2 aromatic carbocycles. The number of urea groups is 1. The number of piperazine rings is 1. The van der Waals surface area contributed by atoms with Gasteiger partial charge in [-0.15, -0.1) is 0 Å². The highest BCUT2D eigenvalue weighted by molar-refractivity contribution is 5.99. The maximum atomic E-state index is 12.6. The minimum absolute atomic E-state index is 0.140. The van der Waals surface area contributed by atoms with E-state index < -0.39 is 6.03 Å². The predicted molar refractivity (Wildman–Crippen MR) is 145 cm³/mol. The van der Waals surface area contributed by atoms with Crippen LogP contribution in [0.5, 0.6) is 11.5 Å². The second kappa shape index (κ2) is 11.6. The van der Waals surface area contributed by atoms with Gasteiger partial charge in [0, 0.05) is 50.3 Å². The van der Waals surface area contributed by atoms with Gasteiger partial charge in [-0.05, 0) is 61.1 Å². The molecule has 4 aromatic rings. The van der Waals surface area contributed by atoms with E-state index in [2.05, 4.69) is 32.7 Å². The smallest absolute Gasteiger partial charge is 0.324 e. The number of carbonyl (C=O) groups excluding carboxylic acids is 2. The van der Waals surface area contributed by atoms with Crippen LogP contribution in [0.1, 0.15) is 5.56 Å². The van der Waals surface area contributed by atoms with Crippen LogP contribution in [0.3, 0.4) is 0 Å². The molecule has 0 spiro atoms. The van der Waals surface area contributed by atoms with Crippen molar-refractivity contribution in [3.8, 4) is 17.2 Å². The Balaban J connectivity index is 1.16. The minimum atomic E-state index is -0.399. The van der Waals surface area contributed by atoms with Gasteiger partial charge in [0.05, 0.1) is 18.3 Å². The molecule has 194 valence electrons. The summed E-state index contributed by atoms with van der Waals surface area (Å²) in [7, 11) is 2.07. The third-order valence-corrected chi connectivity index (χ3v) is 6.27. The molecule has 0 aliphatic carbocycles. The quantitative estimate of drug-likeness (QED) is 0.388. The number of aromatic nitrogens is 3. The molecular formula is C28H29N7O3. The Morgan fingerprint density at radius 2 is 1.50 bits per heavy atom. The molecule has 0 unspecified atom stereocenters. The monoisotopic (exact) mass is 511 g/mol. The molecule has 0 atom stereocenters. The first kappa shape index (κ1) is 25.0. The molecule has 2 N–H and O–H groups in total. The number of benzene rings is 2. The lowest BCUT2D eigenvalue weighted by Gasteiger charge is -2.32. The summed E-state index contributed by atoms with van der Waals surface area (Å²) >= 11 is 0. The van der Waals surface area contributed by atoms with Crippen molar-refractivity contribution in [2.45, 2.75) is 6.42 Å². The van der Waals surface area contributed by atoms with Gasteiger partial charge in [0.25, 0.3) is 0 Å². The molecule has 0 bridgehead atoms. The van der Waals surface area contributed by atoms with Crippen molar-refractivity contribution in [3.63, 3.8) is 0 Å². The van der Waals surface area contributed by atoms with Crippen molar-refractivity contribution in [1.29, 1.82) is 0 Å². The summed E-state index contributed by atoms with van der Waals surface area (Å²) in [5.41, 5.74) is 2.33. The van der Waals surface area contributed by atoms with Gasteiger partial charge in [-0.2, -0.15) is 5.10 Å². The number of amides is 3. The Labute approximate surface area is 220 Å². The number of anilines is 2. The van der Waals surface area contributed by atoms with Gasteiger partial charge in [-0.3, -0.25) is 15.1 Å². The molecule has 5 rings (SSSR count). The van der Waals surface area contributed by atoms with Crippen LogP contribution in [-0.2, 0) is 11.2 Å². The maximum absolute atomic E-state index is 12.6. The van der Waals surface area contributed by atoms with Crippen molar-refractivity contribution < 1.29 is 14.3 Å². The third-order valence-electron chi connectivity index (χ3n) is 6.27. The minimum Gasteiger partial charge on any atom is -0.457 e. The van der Waals surface area contributed by atoms with E-state index in [9.17, 15) is 9.59 Å². The van der Waals surface area contributed by atoms with Crippen LogP contribution in [0.2, 0.25) is 0 Å². The fourth-order valence-electron chi connectivity index (χ4n) is 4.13. The number of ether oxygens (including phenoxy) is 1.